The average Bonchev–Trinajstić information content (AvgIpc) is 2.16. The summed E-state index contributed by atoms with van der Waals surface area (Å²) in [6.07, 6.45) is -3.18. The third-order valence-electron chi connectivity index (χ3n) is 1.65. The maximum atomic E-state index is 11.7. The van der Waals surface area contributed by atoms with Crippen LogP contribution >= 0.6 is 0 Å². The van der Waals surface area contributed by atoms with Gasteiger partial charge in [0.05, 0.1) is 0 Å². The molecule has 1 aromatic heterocycles. The molecule has 1 rings (SSSR count). The summed E-state index contributed by atoms with van der Waals surface area (Å²) < 4.78 is 39.5. The van der Waals surface area contributed by atoms with Crippen molar-refractivity contribution in [1.82, 2.24) is 9.97 Å². The summed E-state index contributed by atoms with van der Waals surface area (Å²) in [6.45, 7) is -1.76. The third-order valence-corrected chi connectivity index (χ3v) is 1.65. The average molecular weight is 237 g/mol. The van der Waals surface area contributed by atoms with Crippen molar-refractivity contribution in [3.05, 3.63) is 27.9 Å². The number of hydrogen-bond acceptors (Lipinski definition) is 4. The zero-order chi connectivity index (χ0) is 12.2. The van der Waals surface area contributed by atoms with Crippen LogP contribution in [-0.4, -0.2) is 22.8 Å². The minimum atomic E-state index is -4.39. The molecule has 5 nitrogen and oxygen atoms in total. The lowest BCUT2D eigenvalue weighted by Crippen LogP contribution is -2.21. The quantitative estimate of drug-likeness (QED) is 0.789. The number of nitrogens with zero attached hydrogens (tertiary/aromatic N) is 1. The zero-order valence-corrected chi connectivity index (χ0v) is 8.17. The molecule has 0 unspecified atom stereocenters. The Hall–Kier alpha value is -1.41. The maximum Gasteiger partial charge on any atom is 0.411 e. The Labute approximate surface area is 88.4 Å². The fourth-order valence-corrected chi connectivity index (χ4v) is 0.940. The molecule has 0 aromatic carbocycles. The van der Waals surface area contributed by atoms with Crippen LogP contribution < -0.4 is 11.3 Å². The van der Waals surface area contributed by atoms with E-state index in [9.17, 15) is 18.0 Å². The number of alkyl halides is 3. The predicted molar refractivity (Wildman–Crippen MR) is 48.5 cm³/mol. The molecule has 3 N–H and O–H groups in total. The standard InChI is InChI=1S/C8H10F3N3O2/c9-8(10,11)4-16-3-6-13-2-5(1-12)7(15)14-6/h2H,1,3-4,12H2,(H,13,14,15). The molecule has 1 aromatic rings. The van der Waals surface area contributed by atoms with Gasteiger partial charge in [-0.05, 0) is 0 Å². The summed E-state index contributed by atoms with van der Waals surface area (Å²) >= 11 is 0. The number of aromatic nitrogens is 2. The number of ether oxygens (including phenoxy) is 1. The van der Waals surface area contributed by atoms with E-state index in [-0.39, 0.29) is 17.9 Å². The molecule has 0 radical (unpaired) electrons. The molecule has 0 amide bonds. The van der Waals surface area contributed by atoms with E-state index >= 15 is 0 Å². The lowest BCUT2D eigenvalue weighted by Gasteiger charge is -2.07. The summed E-state index contributed by atoms with van der Waals surface area (Å²) in [7, 11) is 0. The summed E-state index contributed by atoms with van der Waals surface area (Å²) in [4.78, 5) is 17.2. The van der Waals surface area contributed by atoms with Crippen molar-refractivity contribution >= 4 is 0 Å². The molecule has 8 heteroatoms. The summed E-state index contributed by atoms with van der Waals surface area (Å²) in [6, 6.07) is 0. The Morgan fingerprint density at radius 1 is 1.50 bits per heavy atom. The number of halogens is 3. The Morgan fingerprint density at radius 2 is 2.19 bits per heavy atom. The van der Waals surface area contributed by atoms with Crippen LogP contribution in [0.4, 0.5) is 13.2 Å². The lowest BCUT2D eigenvalue weighted by atomic mass is 10.3. The van der Waals surface area contributed by atoms with Crippen LogP contribution in [0, 0.1) is 0 Å². The van der Waals surface area contributed by atoms with Crippen LogP contribution in [0.25, 0.3) is 0 Å². The highest BCUT2D eigenvalue weighted by Crippen LogP contribution is 2.14. The van der Waals surface area contributed by atoms with Gasteiger partial charge >= 0.3 is 6.18 Å². The Kier molecular flexibility index (Phi) is 4.02. The first-order chi connectivity index (χ1) is 7.42. The Morgan fingerprint density at radius 3 is 2.69 bits per heavy atom. The molecule has 0 aliphatic heterocycles. The SMILES string of the molecule is NCc1cnc(COCC(F)(F)F)[nH]c1=O. The van der Waals surface area contributed by atoms with Crippen molar-refractivity contribution < 1.29 is 17.9 Å². The highest BCUT2D eigenvalue weighted by molar-refractivity contribution is 5.04. The fraction of sp³-hybridized carbons (Fsp3) is 0.500. The Bertz CT molecular complexity index is 402. The van der Waals surface area contributed by atoms with Gasteiger partial charge in [0.15, 0.2) is 0 Å². The molecule has 0 spiro atoms. The van der Waals surface area contributed by atoms with Crippen molar-refractivity contribution in [2.75, 3.05) is 6.61 Å². The highest BCUT2D eigenvalue weighted by Gasteiger charge is 2.27. The third kappa shape index (κ3) is 3.99. The van der Waals surface area contributed by atoms with E-state index in [1.165, 1.54) is 6.20 Å². The molecule has 16 heavy (non-hydrogen) atoms. The molecule has 0 aliphatic carbocycles. The van der Waals surface area contributed by atoms with Crippen LogP contribution in [0.2, 0.25) is 0 Å². The van der Waals surface area contributed by atoms with Gasteiger partial charge in [-0.3, -0.25) is 4.79 Å². The normalized spacial score (nSPS) is 11.8. The first kappa shape index (κ1) is 12.7. The molecular weight excluding hydrogens is 227 g/mol. The van der Waals surface area contributed by atoms with Gasteiger partial charge in [0.25, 0.3) is 5.56 Å². The van der Waals surface area contributed by atoms with E-state index < -0.39 is 24.9 Å². The number of nitrogens with two attached hydrogens (primary N) is 1. The number of rotatable bonds is 4. The van der Waals surface area contributed by atoms with Gasteiger partial charge in [-0.25, -0.2) is 4.98 Å². The van der Waals surface area contributed by atoms with Crippen LogP contribution in [-0.2, 0) is 17.9 Å². The smallest absolute Gasteiger partial charge is 0.364 e. The minimum Gasteiger partial charge on any atom is -0.364 e. The van der Waals surface area contributed by atoms with E-state index in [1.807, 2.05) is 0 Å². The molecule has 0 aliphatic rings. The molecule has 0 saturated carbocycles. The van der Waals surface area contributed by atoms with E-state index in [0.717, 1.165) is 0 Å². The maximum absolute atomic E-state index is 11.7. The monoisotopic (exact) mass is 237 g/mol. The molecule has 90 valence electrons. The van der Waals surface area contributed by atoms with Crippen LogP contribution in [0.1, 0.15) is 11.4 Å². The lowest BCUT2D eigenvalue weighted by molar-refractivity contribution is -0.177. The van der Waals surface area contributed by atoms with Crippen molar-refractivity contribution in [1.29, 1.82) is 0 Å². The fourth-order valence-electron chi connectivity index (χ4n) is 0.940. The highest BCUT2D eigenvalue weighted by atomic mass is 19.4. The molecule has 0 fully saturated rings. The van der Waals surface area contributed by atoms with Gasteiger partial charge in [-0.1, -0.05) is 0 Å². The van der Waals surface area contributed by atoms with Crippen LogP contribution in [0.5, 0.6) is 0 Å². The van der Waals surface area contributed by atoms with Gasteiger partial charge in [0.2, 0.25) is 0 Å². The second kappa shape index (κ2) is 5.08. The second-order valence-electron chi connectivity index (χ2n) is 3.00. The van der Waals surface area contributed by atoms with E-state index in [4.69, 9.17) is 5.73 Å². The minimum absolute atomic E-state index is 0.0199. The Balaban J connectivity index is 2.56. The number of aromatic amines is 1. The molecule has 0 saturated heterocycles. The summed E-state index contributed by atoms with van der Waals surface area (Å²) in [5, 5.41) is 0. The van der Waals surface area contributed by atoms with Crippen molar-refractivity contribution in [3.63, 3.8) is 0 Å². The second-order valence-corrected chi connectivity index (χ2v) is 3.00. The molecule has 0 atom stereocenters. The predicted octanol–water partition coefficient (Wildman–Crippen LogP) is 0.307. The number of nitrogens with one attached hydrogen (secondary N) is 1. The van der Waals surface area contributed by atoms with E-state index in [2.05, 4.69) is 14.7 Å². The first-order valence-corrected chi connectivity index (χ1v) is 4.34. The molecule has 1 heterocycles. The molecule has 0 bridgehead atoms. The van der Waals surface area contributed by atoms with E-state index in [1.54, 1.807) is 0 Å². The van der Waals surface area contributed by atoms with Crippen molar-refractivity contribution in [2.45, 2.75) is 19.3 Å². The van der Waals surface area contributed by atoms with Gasteiger partial charge in [0.1, 0.15) is 19.0 Å². The van der Waals surface area contributed by atoms with Gasteiger partial charge in [-0.15, -0.1) is 0 Å². The largest absolute Gasteiger partial charge is 0.411 e. The van der Waals surface area contributed by atoms with Crippen molar-refractivity contribution in [2.24, 2.45) is 5.73 Å². The van der Waals surface area contributed by atoms with Crippen molar-refractivity contribution in [3.8, 4) is 0 Å². The van der Waals surface area contributed by atoms with Gasteiger partial charge in [0, 0.05) is 18.3 Å². The number of H-pyrrole nitrogens is 1. The number of hydrogen-bond donors (Lipinski definition) is 2. The van der Waals surface area contributed by atoms with E-state index in [0.29, 0.717) is 0 Å². The molecular formula is C8H10F3N3O2. The van der Waals surface area contributed by atoms with Crippen LogP contribution in [0.3, 0.4) is 0 Å². The van der Waals surface area contributed by atoms with Crippen LogP contribution in [0.15, 0.2) is 11.0 Å². The zero-order valence-electron chi connectivity index (χ0n) is 8.17. The van der Waals surface area contributed by atoms with Gasteiger partial charge in [-0.2, -0.15) is 13.2 Å². The summed E-state index contributed by atoms with van der Waals surface area (Å²) in [5.41, 5.74) is 5.01. The first-order valence-electron chi connectivity index (χ1n) is 4.34. The topological polar surface area (TPSA) is 81.0 Å². The van der Waals surface area contributed by atoms with Gasteiger partial charge < -0.3 is 15.5 Å². The summed E-state index contributed by atoms with van der Waals surface area (Å²) in [5.74, 6) is 0.0338.